The summed E-state index contributed by atoms with van der Waals surface area (Å²) >= 11 is 0. The normalized spacial score (nSPS) is 10.4. The van der Waals surface area contributed by atoms with Crippen LogP contribution in [0.5, 0.6) is 0 Å². The molecule has 0 amide bonds. The molecule has 0 aliphatic heterocycles. The van der Waals surface area contributed by atoms with Gasteiger partial charge in [-0.1, -0.05) is 37.3 Å². The summed E-state index contributed by atoms with van der Waals surface area (Å²) in [5.41, 5.74) is 2.34. The van der Waals surface area contributed by atoms with Crippen LogP contribution in [0.3, 0.4) is 0 Å². The van der Waals surface area contributed by atoms with E-state index in [0.29, 0.717) is 0 Å². The molecule has 0 unspecified atom stereocenters. The van der Waals surface area contributed by atoms with Crippen molar-refractivity contribution in [2.45, 2.75) is 26.4 Å². The van der Waals surface area contributed by atoms with Crippen LogP contribution in [-0.2, 0) is 19.5 Å². The van der Waals surface area contributed by atoms with Crippen LogP contribution in [0.15, 0.2) is 42.6 Å². The largest absolute Gasteiger partial charge is 0.307 e. The number of hydrogen-bond acceptors (Lipinski definition) is 3. The smallest absolute Gasteiger partial charge is 0.128 e. The monoisotopic (exact) mass is 227 g/mol. The number of benzene rings is 1. The molecule has 1 heterocycles. The van der Waals surface area contributed by atoms with E-state index in [4.69, 9.17) is 0 Å². The fourth-order valence-electron chi connectivity index (χ4n) is 1.64. The zero-order valence-electron chi connectivity index (χ0n) is 10.1. The molecule has 0 aliphatic rings. The molecular weight excluding hydrogens is 210 g/mol. The Balaban J connectivity index is 1.86. The molecule has 1 aromatic heterocycles. The van der Waals surface area contributed by atoms with Crippen LogP contribution >= 0.6 is 0 Å². The molecule has 1 aromatic carbocycles. The Labute approximate surface area is 102 Å². The summed E-state index contributed by atoms with van der Waals surface area (Å²) in [5.74, 6) is 0.906. The maximum atomic E-state index is 4.45. The molecule has 0 atom stereocenters. The molecule has 2 aromatic rings. The number of rotatable bonds is 5. The van der Waals surface area contributed by atoms with Gasteiger partial charge in [0.15, 0.2) is 0 Å². The summed E-state index contributed by atoms with van der Waals surface area (Å²) in [6.07, 6.45) is 2.71. The lowest BCUT2D eigenvalue weighted by molar-refractivity contribution is 0.673. The highest BCUT2D eigenvalue weighted by Crippen LogP contribution is 1.99. The molecule has 0 saturated carbocycles. The maximum Gasteiger partial charge on any atom is 0.128 e. The molecular formula is C14H17N3. The first-order valence-corrected chi connectivity index (χ1v) is 5.94. The van der Waals surface area contributed by atoms with E-state index in [1.165, 1.54) is 5.56 Å². The molecule has 2 rings (SSSR count). The van der Waals surface area contributed by atoms with Gasteiger partial charge in [0.2, 0.25) is 0 Å². The lowest BCUT2D eigenvalue weighted by Gasteiger charge is -2.05. The zero-order valence-corrected chi connectivity index (χ0v) is 10.1. The number of nitrogens with one attached hydrogen (secondary N) is 1. The van der Waals surface area contributed by atoms with Crippen molar-refractivity contribution < 1.29 is 0 Å². The van der Waals surface area contributed by atoms with Crippen molar-refractivity contribution in [3.05, 3.63) is 59.7 Å². The third-order valence-corrected chi connectivity index (χ3v) is 2.56. The van der Waals surface area contributed by atoms with Crippen LogP contribution in [0.1, 0.15) is 24.0 Å². The van der Waals surface area contributed by atoms with Gasteiger partial charge in [-0.3, -0.25) is 0 Å². The van der Waals surface area contributed by atoms with Gasteiger partial charge in [-0.25, -0.2) is 9.97 Å². The Kier molecular flexibility index (Phi) is 4.22. The SMILES string of the molecule is CCc1nccc(CNCc2ccccc2)n1. The Hall–Kier alpha value is -1.74. The van der Waals surface area contributed by atoms with Gasteiger partial charge in [0, 0.05) is 25.7 Å². The van der Waals surface area contributed by atoms with Crippen LogP contribution in [0.2, 0.25) is 0 Å². The lowest BCUT2D eigenvalue weighted by Crippen LogP contribution is -2.14. The van der Waals surface area contributed by atoms with Crippen molar-refractivity contribution in [3.63, 3.8) is 0 Å². The Morgan fingerprint density at radius 3 is 2.65 bits per heavy atom. The van der Waals surface area contributed by atoms with Gasteiger partial charge >= 0.3 is 0 Å². The number of aromatic nitrogens is 2. The molecule has 0 radical (unpaired) electrons. The van der Waals surface area contributed by atoms with E-state index >= 15 is 0 Å². The van der Waals surface area contributed by atoms with E-state index in [1.807, 2.05) is 18.3 Å². The van der Waals surface area contributed by atoms with Gasteiger partial charge in [-0.05, 0) is 11.6 Å². The van der Waals surface area contributed by atoms with Crippen molar-refractivity contribution in [1.82, 2.24) is 15.3 Å². The third kappa shape index (κ3) is 3.64. The van der Waals surface area contributed by atoms with Gasteiger partial charge in [0.1, 0.15) is 5.82 Å². The van der Waals surface area contributed by atoms with Gasteiger partial charge in [-0.2, -0.15) is 0 Å². The highest BCUT2D eigenvalue weighted by atomic mass is 14.9. The highest BCUT2D eigenvalue weighted by molar-refractivity contribution is 5.14. The molecule has 3 nitrogen and oxygen atoms in total. The fourth-order valence-corrected chi connectivity index (χ4v) is 1.64. The lowest BCUT2D eigenvalue weighted by atomic mass is 10.2. The highest BCUT2D eigenvalue weighted by Gasteiger charge is 1.97. The Morgan fingerprint density at radius 2 is 1.88 bits per heavy atom. The fraction of sp³-hybridized carbons (Fsp3) is 0.286. The van der Waals surface area contributed by atoms with Crippen molar-refractivity contribution in [3.8, 4) is 0 Å². The van der Waals surface area contributed by atoms with Gasteiger partial charge < -0.3 is 5.32 Å². The maximum absolute atomic E-state index is 4.45. The molecule has 0 bridgehead atoms. The van der Waals surface area contributed by atoms with Gasteiger partial charge in [0.25, 0.3) is 0 Å². The summed E-state index contributed by atoms with van der Waals surface area (Å²) in [7, 11) is 0. The summed E-state index contributed by atoms with van der Waals surface area (Å²) in [6, 6.07) is 12.3. The van der Waals surface area contributed by atoms with Crippen LogP contribution in [-0.4, -0.2) is 9.97 Å². The van der Waals surface area contributed by atoms with E-state index in [9.17, 15) is 0 Å². The quantitative estimate of drug-likeness (QED) is 0.852. The second-order valence-electron chi connectivity index (χ2n) is 3.91. The van der Waals surface area contributed by atoms with Crippen molar-refractivity contribution >= 4 is 0 Å². The number of aryl methyl sites for hydroxylation is 1. The molecule has 0 fully saturated rings. The molecule has 17 heavy (non-hydrogen) atoms. The minimum Gasteiger partial charge on any atom is -0.307 e. The average Bonchev–Trinajstić information content (AvgIpc) is 2.40. The van der Waals surface area contributed by atoms with Crippen LogP contribution in [0.25, 0.3) is 0 Å². The molecule has 1 N–H and O–H groups in total. The Bertz CT molecular complexity index is 454. The molecule has 3 heteroatoms. The minimum absolute atomic E-state index is 0.782. The predicted molar refractivity (Wildman–Crippen MR) is 68.4 cm³/mol. The third-order valence-electron chi connectivity index (χ3n) is 2.56. The number of nitrogens with zero attached hydrogens (tertiary/aromatic N) is 2. The first-order chi connectivity index (χ1) is 8.38. The first kappa shape index (κ1) is 11.7. The summed E-state index contributed by atoms with van der Waals surface area (Å²) < 4.78 is 0. The molecule has 0 spiro atoms. The molecule has 88 valence electrons. The van der Waals surface area contributed by atoms with E-state index < -0.39 is 0 Å². The van der Waals surface area contributed by atoms with Gasteiger partial charge in [-0.15, -0.1) is 0 Å². The summed E-state index contributed by atoms with van der Waals surface area (Å²) in [4.78, 5) is 8.63. The van der Waals surface area contributed by atoms with Crippen molar-refractivity contribution in [2.75, 3.05) is 0 Å². The van der Waals surface area contributed by atoms with E-state index in [-0.39, 0.29) is 0 Å². The van der Waals surface area contributed by atoms with Crippen molar-refractivity contribution in [1.29, 1.82) is 0 Å². The number of hydrogen-bond donors (Lipinski definition) is 1. The van der Waals surface area contributed by atoms with E-state index in [1.54, 1.807) is 0 Å². The summed E-state index contributed by atoms with van der Waals surface area (Å²) in [5, 5.41) is 3.38. The molecule has 0 saturated heterocycles. The second-order valence-corrected chi connectivity index (χ2v) is 3.91. The zero-order chi connectivity index (χ0) is 11.9. The Morgan fingerprint density at radius 1 is 1.06 bits per heavy atom. The minimum atomic E-state index is 0.782. The van der Waals surface area contributed by atoms with Crippen LogP contribution in [0, 0.1) is 0 Å². The van der Waals surface area contributed by atoms with Crippen LogP contribution < -0.4 is 5.32 Å². The summed E-state index contributed by atoms with van der Waals surface area (Å²) in [6.45, 7) is 3.72. The second kappa shape index (κ2) is 6.11. The average molecular weight is 227 g/mol. The standard InChI is InChI=1S/C14H17N3/c1-2-14-16-9-8-13(17-14)11-15-10-12-6-4-3-5-7-12/h3-9,15H,2,10-11H2,1H3. The van der Waals surface area contributed by atoms with E-state index in [0.717, 1.165) is 31.0 Å². The van der Waals surface area contributed by atoms with Crippen molar-refractivity contribution in [2.24, 2.45) is 0 Å². The predicted octanol–water partition coefficient (Wildman–Crippen LogP) is 2.33. The molecule has 0 aliphatic carbocycles. The topological polar surface area (TPSA) is 37.8 Å². The van der Waals surface area contributed by atoms with E-state index in [2.05, 4.69) is 46.5 Å². The first-order valence-electron chi connectivity index (χ1n) is 5.94. The van der Waals surface area contributed by atoms with Gasteiger partial charge in [0.05, 0.1) is 5.69 Å². The van der Waals surface area contributed by atoms with Crippen LogP contribution in [0.4, 0.5) is 0 Å².